The molecule has 0 saturated carbocycles. The molecule has 4 nitrogen and oxygen atoms in total. The van der Waals surface area contributed by atoms with Crippen LogP contribution >= 0.6 is 0 Å². The topological polar surface area (TPSA) is 63.1 Å². The van der Waals surface area contributed by atoms with Gasteiger partial charge in [0, 0.05) is 18.0 Å². The SMILES string of the molecule is O=C(O)Cc1cccc(-c2cnccn2)c1. The number of nitrogens with zero attached hydrogens (tertiary/aromatic N) is 2. The highest BCUT2D eigenvalue weighted by atomic mass is 16.4. The van der Waals surface area contributed by atoms with Gasteiger partial charge in [-0.2, -0.15) is 0 Å². The molecule has 2 aromatic rings. The van der Waals surface area contributed by atoms with Crippen molar-refractivity contribution in [3.63, 3.8) is 0 Å². The zero-order valence-corrected chi connectivity index (χ0v) is 8.50. The zero-order chi connectivity index (χ0) is 11.4. The van der Waals surface area contributed by atoms with Crippen LogP contribution in [0.15, 0.2) is 42.9 Å². The Morgan fingerprint density at radius 1 is 1.31 bits per heavy atom. The van der Waals surface area contributed by atoms with Gasteiger partial charge in [0.05, 0.1) is 18.3 Å². The molecular formula is C12H10N2O2. The van der Waals surface area contributed by atoms with Gasteiger partial charge in [-0.15, -0.1) is 0 Å². The van der Waals surface area contributed by atoms with Crippen molar-refractivity contribution in [1.82, 2.24) is 9.97 Å². The molecule has 1 N–H and O–H groups in total. The number of carboxylic acids is 1. The summed E-state index contributed by atoms with van der Waals surface area (Å²) in [5, 5.41) is 8.70. The highest BCUT2D eigenvalue weighted by Crippen LogP contribution is 2.17. The molecule has 0 radical (unpaired) electrons. The van der Waals surface area contributed by atoms with Gasteiger partial charge in [0.25, 0.3) is 0 Å². The number of aliphatic carboxylic acids is 1. The number of benzene rings is 1. The predicted octanol–water partition coefficient (Wildman–Crippen LogP) is 1.77. The van der Waals surface area contributed by atoms with Gasteiger partial charge >= 0.3 is 5.97 Å². The third-order valence-corrected chi connectivity index (χ3v) is 2.14. The Morgan fingerprint density at radius 3 is 2.88 bits per heavy atom. The normalized spacial score (nSPS) is 10.0. The molecule has 0 fully saturated rings. The molecular weight excluding hydrogens is 204 g/mol. The summed E-state index contributed by atoms with van der Waals surface area (Å²) < 4.78 is 0. The van der Waals surface area contributed by atoms with Gasteiger partial charge in [0.15, 0.2) is 0 Å². The highest BCUT2D eigenvalue weighted by Gasteiger charge is 2.03. The van der Waals surface area contributed by atoms with Gasteiger partial charge in [0.2, 0.25) is 0 Å². The first kappa shape index (κ1) is 10.3. The average molecular weight is 214 g/mol. The maximum atomic E-state index is 10.6. The number of carboxylic acid groups (broad SMARTS) is 1. The van der Waals surface area contributed by atoms with Crippen molar-refractivity contribution in [2.24, 2.45) is 0 Å². The second-order valence-corrected chi connectivity index (χ2v) is 3.36. The van der Waals surface area contributed by atoms with Crippen LogP contribution < -0.4 is 0 Å². The number of hydrogen-bond acceptors (Lipinski definition) is 3. The number of hydrogen-bond donors (Lipinski definition) is 1. The first-order chi connectivity index (χ1) is 7.75. The Morgan fingerprint density at radius 2 is 2.19 bits per heavy atom. The van der Waals surface area contributed by atoms with Gasteiger partial charge in [-0.3, -0.25) is 14.8 Å². The summed E-state index contributed by atoms with van der Waals surface area (Å²) in [5.74, 6) is -0.837. The van der Waals surface area contributed by atoms with Crippen LogP contribution in [0.5, 0.6) is 0 Å². The molecule has 0 atom stereocenters. The minimum absolute atomic E-state index is 0.0219. The van der Waals surface area contributed by atoms with E-state index in [2.05, 4.69) is 9.97 Å². The number of carbonyl (C=O) groups is 1. The number of aromatic nitrogens is 2. The van der Waals surface area contributed by atoms with Crippen LogP contribution in [0.3, 0.4) is 0 Å². The molecule has 1 aromatic heterocycles. The van der Waals surface area contributed by atoms with E-state index in [0.29, 0.717) is 0 Å². The van der Waals surface area contributed by atoms with Gasteiger partial charge in [-0.25, -0.2) is 0 Å². The van der Waals surface area contributed by atoms with E-state index in [1.165, 1.54) is 0 Å². The van der Waals surface area contributed by atoms with Crippen LogP contribution in [0.1, 0.15) is 5.56 Å². The molecule has 2 rings (SSSR count). The van der Waals surface area contributed by atoms with Crippen molar-refractivity contribution in [3.8, 4) is 11.3 Å². The van der Waals surface area contributed by atoms with Crippen LogP contribution in [0, 0.1) is 0 Å². The molecule has 16 heavy (non-hydrogen) atoms. The van der Waals surface area contributed by atoms with Gasteiger partial charge in [0.1, 0.15) is 0 Å². The largest absolute Gasteiger partial charge is 0.481 e. The Bertz CT molecular complexity index is 497. The molecule has 0 aliphatic carbocycles. The molecule has 0 amide bonds. The van der Waals surface area contributed by atoms with E-state index in [0.717, 1.165) is 16.8 Å². The van der Waals surface area contributed by atoms with Crippen molar-refractivity contribution >= 4 is 5.97 Å². The van der Waals surface area contributed by atoms with E-state index < -0.39 is 5.97 Å². The minimum Gasteiger partial charge on any atom is -0.481 e. The van der Waals surface area contributed by atoms with Crippen molar-refractivity contribution in [2.45, 2.75) is 6.42 Å². The lowest BCUT2D eigenvalue weighted by molar-refractivity contribution is -0.136. The average Bonchev–Trinajstić information content (AvgIpc) is 2.30. The lowest BCUT2D eigenvalue weighted by atomic mass is 10.1. The summed E-state index contributed by atoms with van der Waals surface area (Å²) in [5.41, 5.74) is 2.39. The van der Waals surface area contributed by atoms with Gasteiger partial charge < -0.3 is 5.11 Å². The molecule has 0 saturated heterocycles. The summed E-state index contributed by atoms with van der Waals surface area (Å²) in [4.78, 5) is 18.7. The predicted molar refractivity (Wildman–Crippen MR) is 58.8 cm³/mol. The van der Waals surface area contributed by atoms with Crippen molar-refractivity contribution < 1.29 is 9.90 Å². The fraction of sp³-hybridized carbons (Fsp3) is 0.0833. The second kappa shape index (κ2) is 4.53. The highest BCUT2D eigenvalue weighted by molar-refractivity contribution is 5.71. The van der Waals surface area contributed by atoms with E-state index in [4.69, 9.17) is 5.11 Å². The van der Waals surface area contributed by atoms with Gasteiger partial charge in [-0.1, -0.05) is 18.2 Å². The van der Waals surface area contributed by atoms with Crippen molar-refractivity contribution in [1.29, 1.82) is 0 Å². The Hall–Kier alpha value is -2.23. The van der Waals surface area contributed by atoms with E-state index in [1.807, 2.05) is 18.2 Å². The van der Waals surface area contributed by atoms with E-state index >= 15 is 0 Å². The summed E-state index contributed by atoms with van der Waals surface area (Å²) in [7, 11) is 0. The Balaban J connectivity index is 2.33. The molecule has 0 bridgehead atoms. The lowest BCUT2D eigenvalue weighted by Gasteiger charge is -2.02. The third kappa shape index (κ3) is 2.42. The van der Waals surface area contributed by atoms with E-state index in [1.54, 1.807) is 24.7 Å². The number of rotatable bonds is 3. The van der Waals surface area contributed by atoms with E-state index in [9.17, 15) is 4.79 Å². The van der Waals surface area contributed by atoms with Gasteiger partial charge in [-0.05, 0) is 11.6 Å². The first-order valence-corrected chi connectivity index (χ1v) is 4.83. The minimum atomic E-state index is -0.837. The molecule has 0 aliphatic rings. The molecule has 0 aliphatic heterocycles. The molecule has 4 heteroatoms. The lowest BCUT2D eigenvalue weighted by Crippen LogP contribution is -1.99. The zero-order valence-electron chi connectivity index (χ0n) is 8.50. The van der Waals surface area contributed by atoms with E-state index in [-0.39, 0.29) is 6.42 Å². The molecule has 1 aromatic carbocycles. The molecule has 0 unspecified atom stereocenters. The fourth-order valence-electron chi connectivity index (χ4n) is 1.46. The quantitative estimate of drug-likeness (QED) is 0.845. The summed E-state index contributed by atoms with van der Waals surface area (Å²) >= 11 is 0. The summed E-state index contributed by atoms with van der Waals surface area (Å²) in [6.07, 6.45) is 4.89. The monoisotopic (exact) mass is 214 g/mol. The summed E-state index contributed by atoms with van der Waals surface area (Å²) in [6, 6.07) is 7.31. The molecule has 0 spiro atoms. The maximum absolute atomic E-state index is 10.6. The van der Waals surface area contributed by atoms with Crippen LogP contribution in [0.25, 0.3) is 11.3 Å². The van der Waals surface area contributed by atoms with Crippen LogP contribution in [0.4, 0.5) is 0 Å². The third-order valence-electron chi connectivity index (χ3n) is 2.14. The van der Waals surface area contributed by atoms with Crippen LogP contribution in [-0.4, -0.2) is 21.0 Å². The summed E-state index contributed by atoms with van der Waals surface area (Å²) in [6.45, 7) is 0. The fourth-order valence-corrected chi connectivity index (χ4v) is 1.46. The van der Waals surface area contributed by atoms with Crippen LogP contribution in [-0.2, 0) is 11.2 Å². The molecule has 80 valence electrons. The first-order valence-electron chi connectivity index (χ1n) is 4.83. The molecule has 1 heterocycles. The Labute approximate surface area is 92.6 Å². The maximum Gasteiger partial charge on any atom is 0.307 e. The smallest absolute Gasteiger partial charge is 0.307 e. The van der Waals surface area contributed by atoms with Crippen molar-refractivity contribution in [3.05, 3.63) is 48.4 Å². The second-order valence-electron chi connectivity index (χ2n) is 3.36. The van der Waals surface area contributed by atoms with Crippen molar-refractivity contribution in [2.75, 3.05) is 0 Å². The Kier molecular flexibility index (Phi) is 2.91. The standard InChI is InChI=1S/C12H10N2O2/c15-12(16)7-9-2-1-3-10(6-9)11-8-13-4-5-14-11/h1-6,8H,7H2,(H,15,16). The van der Waals surface area contributed by atoms with Crippen LogP contribution in [0.2, 0.25) is 0 Å².